The Labute approximate surface area is 148 Å². The smallest absolute Gasteiger partial charge is 0.251 e. The van der Waals surface area contributed by atoms with Gasteiger partial charge in [0.1, 0.15) is 17.2 Å². The van der Waals surface area contributed by atoms with Crippen LogP contribution in [-0.2, 0) is 0 Å². The predicted molar refractivity (Wildman–Crippen MR) is 97.8 cm³/mol. The molecule has 5 heteroatoms. The van der Waals surface area contributed by atoms with Gasteiger partial charge in [-0.15, -0.1) is 0 Å². The summed E-state index contributed by atoms with van der Waals surface area (Å²) >= 11 is 0. The highest BCUT2D eigenvalue weighted by atomic mass is 16.5. The standard InChI is InChI=1S/C20H25NO4/c1-6-25-18-9-7-15(11-13(18)2)20(22)21-14(3)17-12-16(23-4)8-10-19(17)24-5/h7-12,14H,6H2,1-5H3,(H,21,22). The van der Waals surface area contributed by atoms with E-state index in [1.54, 1.807) is 20.3 Å². The predicted octanol–water partition coefficient (Wildman–Crippen LogP) is 3.90. The molecule has 2 rings (SSSR count). The lowest BCUT2D eigenvalue weighted by atomic mass is 10.1. The first-order valence-electron chi connectivity index (χ1n) is 8.26. The van der Waals surface area contributed by atoms with Crippen LogP contribution >= 0.6 is 0 Å². The lowest BCUT2D eigenvalue weighted by molar-refractivity contribution is 0.0939. The van der Waals surface area contributed by atoms with E-state index in [-0.39, 0.29) is 11.9 Å². The van der Waals surface area contributed by atoms with Crippen molar-refractivity contribution in [1.82, 2.24) is 5.32 Å². The van der Waals surface area contributed by atoms with Crippen LogP contribution in [-0.4, -0.2) is 26.7 Å². The summed E-state index contributed by atoms with van der Waals surface area (Å²) in [6.45, 7) is 6.37. The van der Waals surface area contributed by atoms with E-state index < -0.39 is 0 Å². The third kappa shape index (κ3) is 4.44. The molecule has 0 fully saturated rings. The second kappa shape index (κ2) is 8.42. The van der Waals surface area contributed by atoms with Gasteiger partial charge >= 0.3 is 0 Å². The Kier molecular flexibility index (Phi) is 6.28. The quantitative estimate of drug-likeness (QED) is 0.828. The first-order chi connectivity index (χ1) is 12.0. The minimum absolute atomic E-state index is 0.150. The van der Waals surface area contributed by atoms with E-state index in [1.807, 2.05) is 51.1 Å². The van der Waals surface area contributed by atoms with Gasteiger partial charge in [0.15, 0.2) is 0 Å². The van der Waals surface area contributed by atoms with Gasteiger partial charge in [0, 0.05) is 11.1 Å². The molecule has 0 spiro atoms. The van der Waals surface area contributed by atoms with Crippen molar-refractivity contribution in [3.05, 3.63) is 53.1 Å². The Morgan fingerprint density at radius 2 is 1.80 bits per heavy atom. The van der Waals surface area contributed by atoms with Gasteiger partial charge in [-0.1, -0.05) is 0 Å². The van der Waals surface area contributed by atoms with Crippen molar-refractivity contribution in [3.8, 4) is 17.2 Å². The number of nitrogens with one attached hydrogen (secondary N) is 1. The van der Waals surface area contributed by atoms with Crippen LogP contribution in [0.25, 0.3) is 0 Å². The molecule has 0 aliphatic heterocycles. The fourth-order valence-electron chi connectivity index (χ4n) is 2.64. The number of carbonyl (C=O) groups is 1. The van der Waals surface area contributed by atoms with E-state index in [1.165, 1.54) is 0 Å². The highest BCUT2D eigenvalue weighted by molar-refractivity contribution is 5.94. The van der Waals surface area contributed by atoms with E-state index in [4.69, 9.17) is 14.2 Å². The molecule has 0 saturated heterocycles. The number of carbonyl (C=O) groups excluding carboxylic acids is 1. The summed E-state index contributed by atoms with van der Waals surface area (Å²) < 4.78 is 16.2. The molecular formula is C20H25NO4. The molecule has 5 nitrogen and oxygen atoms in total. The lowest BCUT2D eigenvalue weighted by Crippen LogP contribution is -2.27. The van der Waals surface area contributed by atoms with Crippen molar-refractivity contribution < 1.29 is 19.0 Å². The van der Waals surface area contributed by atoms with Crippen LogP contribution in [0.5, 0.6) is 17.2 Å². The minimum atomic E-state index is -0.232. The van der Waals surface area contributed by atoms with Gasteiger partial charge in [-0.25, -0.2) is 0 Å². The number of ether oxygens (including phenoxy) is 3. The molecule has 1 N–H and O–H groups in total. The van der Waals surface area contributed by atoms with E-state index in [0.717, 1.165) is 16.9 Å². The molecule has 0 saturated carbocycles. The van der Waals surface area contributed by atoms with Gasteiger partial charge in [0.25, 0.3) is 5.91 Å². The average Bonchev–Trinajstić information content (AvgIpc) is 2.62. The van der Waals surface area contributed by atoms with Crippen LogP contribution in [0.1, 0.15) is 41.4 Å². The number of hydrogen-bond donors (Lipinski definition) is 1. The first kappa shape index (κ1) is 18.6. The molecule has 1 atom stereocenters. The minimum Gasteiger partial charge on any atom is -0.497 e. The fraction of sp³-hybridized carbons (Fsp3) is 0.350. The maximum absolute atomic E-state index is 12.6. The van der Waals surface area contributed by atoms with Crippen LogP contribution in [0.4, 0.5) is 0 Å². The number of aryl methyl sites for hydroxylation is 1. The van der Waals surface area contributed by atoms with Crippen molar-refractivity contribution in [2.75, 3.05) is 20.8 Å². The molecule has 1 amide bonds. The molecule has 0 aliphatic carbocycles. The maximum Gasteiger partial charge on any atom is 0.251 e. The second-order valence-electron chi connectivity index (χ2n) is 5.72. The highest BCUT2D eigenvalue weighted by Gasteiger charge is 2.17. The average molecular weight is 343 g/mol. The van der Waals surface area contributed by atoms with Crippen molar-refractivity contribution in [2.24, 2.45) is 0 Å². The monoisotopic (exact) mass is 343 g/mol. The first-order valence-corrected chi connectivity index (χ1v) is 8.26. The molecule has 1 unspecified atom stereocenters. The molecule has 0 bridgehead atoms. The molecule has 0 aromatic heterocycles. The van der Waals surface area contributed by atoms with E-state index >= 15 is 0 Å². The van der Waals surface area contributed by atoms with Gasteiger partial charge in [-0.2, -0.15) is 0 Å². The summed E-state index contributed by atoms with van der Waals surface area (Å²) in [7, 11) is 3.22. The molecule has 2 aromatic rings. The van der Waals surface area contributed by atoms with Crippen LogP contribution < -0.4 is 19.5 Å². The topological polar surface area (TPSA) is 56.8 Å². The summed E-state index contributed by atoms with van der Waals surface area (Å²) in [6, 6.07) is 10.7. The molecule has 0 aliphatic rings. The Morgan fingerprint density at radius 3 is 2.40 bits per heavy atom. The molecule has 134 valence electrons. The van der Waals surface area contributed by atoms with Crippen LogP contribution in [0.15, 0.2) is 36.4 Å². The number of amides is 1. The Balaban J connectivity index is 2.19. The summed E-state index contributed by atoms with van der Waals surface area (Å²) in [6.07, 6.45) is 0. The molecule has 2 aromatic carbocycles. The van der Waals surface area contributed by atoms with Crippen molar-refractivity contribution in [1.29, 1.82) is 0 Å². The number of methoxy groups -OCH3 is 2. The van der Waals surface area contributed by atoms with Gasteiger partial charge in [-0.3, -0.25) is 4.79 Å². The molecule has 25 heavy (non-hydrogen) atoms. The van der Waals surface area contributed by atoms with Crippen LogP contribution in [0.2, 0.25) is 0 Å². The Hall–Kier alpha value is -2.69. The summed E-state index contributed by atoms with van der Waals surface area (Å²) in [5.41, 5.74) is 2.38. The normalized spacial score (nSPS) is 11.6. The SMILES string of the molecule is CCOc1ccc(C(=O)NC(C)c2cc(OC)ccc2OC)cc1C. The van der Waals surface area contributed by atoms with Gasteiger partial charge in [-0.05, 0) is 62.7 Å². The summed E-state index contributed by atoms with van der Waals surface area (Å²) in [5.74, 6) is 2.07. The van der Waals surface area contributed by atoms with E-state index in [2.05, 4.69) is 5.32 Å². The largest absolute Gasteiger partial charge is 0.497 e. The number of benzene rings is 2. The third-order valence-corrected chi connectivity index (χ3v) is 3.99. The zero-order valence-corrected chi connectivity index (χ0v) is 15.4. The summed E-state index contributed by atoms with van der Waals surface area (Å²) in [5, 5.41) is 3.00. The van der Waals surface area contributed by atoms with E-state index in [0.29, 0.717) is 23.7 Å². The lowest BCUT2D eigenvalue weighted by Gasteiger charge is -2.18. The molecular weight excluding hydrogens is 318 g/mol. The fourth-order valence-corrected chi connectivity index (χ4v) is 2.64. The van der Waals surface area contributed by atoms with Gasteiger partial charge in [0.2, 0.25) is 0 Å². The Morgan fingerprint density at radius 1 is 1.08 bits per heavy atom. The van der Waals surface area contributed by atoms with Gasteiger partial charge < -0.3 is 19.5 Å². The maximum atomic E-state index is 12.6. The zero-order valence-electron chi connectivity index (χ0n) is 15.4. The number of hydrogen-bond acceptors (Lipinski definition) is 4. The van der Waals surface area contributed by atoms with Crippen molar-refractivity contribution >= 4 is 5.91 Å². The van der Waals surface area contributed by atoms with Crippen LogP contribution in [0.3, 0.4) is 0 Å². The van der Waals surface area contributed by atoms with Crippen LogP contribution in [0, 0.1) is 6.92 Å². The highest BCUT2D eigenvalue weighted by Crippen LogP contribution is 2.29. The molecule has 0 radical (unpaired) electrons. The van der Waals surface area contributed by atoms with Gasteiger partial charge in [0.05, 0.1) is 26.9 Å². The Bertz CT molecular complexity index is 742. The number of rotatable bonds is 7. The third-order valence-electron chi connectivity index (χ3n) is 3.99. The van der Waals surface area contributed by atoms with Crippen molar-refractivity contribution in [2.45, 2.75) is 26.8 Å². The summed E-state index contributed by atoms with van der Waals surface area (Å²) in [4.78, 5) is 12.6. The second-order valence-corrected chi connectivity index (χ2v) is 5.72. The molecule has 0 heterocycles. The zero-order chi connectivity index (χ0) is 18.4. The van der Waals surface area contributed by atoms with Crippen molar-refractivity contribution in [3.63, 3.8) is 0 Å². The van der Waals surface area contributed by atoms with E-state index in [9.17, 15) is 4.79 Å².